The van der Waals surface area contributed by atoms with E-state index in [9.17, 15) is 9.59 Å². The number of urea groups is 1. The Bertz CT molecular complexity index is 509. The average Bonchev–Trinajstić information content (AvgIpc) is 2.42. The summed E-state index contributed by atoms with van der Waals surface area (Å²) in [5, 5.41) is 13.9. The Hall–Kier alpha value is -1.80. The van der Waals surface area contributed by atoms with E-state index in [0.717, 1.165) is 4.47 Å². The van der Waals surface area contributed by atoms with Crippen LogP contribution in [-0.4, -0.2) is 44.0 Å². The third-order valence-corrected chi connectivity index (χ3v) is 3.04. The molecule has 7 nitrogen and oxygen atoms in total. The summed E-state index contributed by atoms with van der Waals surface area (Å²) in [6.07, 6.45) is 0.182. The predicted octanol–water partition coefficient (Wildman–Crippen LogP) is 2.07. The van der Waals surface area contributed by atoms with Crippen molar-refractivity contribution in [2.24, 2.45) is 0 Å². The molecule has 1 atom stereocenters. The molecule has 0 saturated heterocycles. The van der Waals surface area contributed by atoms with Gasteiger partial charge in [-0.05, 0) is 12.1 Å². The van der Waals surface area contributed by atoms with Crippen LogP contribution in [-0.2, 0) is 9.53 Å². The van der Waals surface area contributed by atoms with E-state index in [0.29, 0.717) is 11.4 Å². The maximum atomic E-state index is 11.8. The Balaban J connectivity index is 2.67. The highest BCUT2D eigenvalue weighted by atomic mass is 79.9. The van der Waals surface area contributed by atoms with E-state index < -0.39 is 18.0 Å². The number of aliphatic carboxylic acids is 1. The molecule has 0 aromatic heterocycles. The molecule has 1 unspecified atom stereocenters. The van der Waals surface area contributed by atoms with Crippen molar-refractivity contribution in [1.82, 2.24) is 5.32 Å². The molecule has 0 aliphatic carbocycles. The normalized spacial score (nSPS) is 11.6. The van der Waals surface area contributed by atoms with Crippen LogP contribution in [0.4, 0.5) is 10.5 Å². The number of carboxylic acid groups (broad SMARTS) is 1. The number of halogens is 1. The molecule has 1 aromatic carbocycles. The van der Waals surface area contributed by atoms with Crippen LogP contribution in [0.2, 0.25) is 0 Å². The van der Waals surface area contributed by atoms with Crippen molar-refractivity contribution < 1.29 is 24.2 Å². The van der Waals surface area contributed by atoms with Gasteiger partial charge in [-0.1, -0.05) is 15.9 Å². The van der Waals surface area contributed by atoms with Crippen LogP contribution in [0.25, 0.3) is 0 Å². The number of hydrogen-bond donors (Lipinski definition) is 3. The highest BCUT2D eigenvalue weighted by Gasteiger charge is 2.19. The quantitative estimate of drug-likeness (QED) is 0.691. The molecule has 0 spiro atoms. The monoisotopic (exact) mass is 360 g/mol. The Morgan fingerprint density at radius 1 is 1.33 bits per heavy atom. The zero-order valence-corrected chi connectivity index (χ0v) is 13.3. The molecular weight excluding hydrogens is 344 g/mol. The van der Waals surface area contributed by atoms with Gasteiger partial charge in [-0.2, -0.15) is 0 Å². The first-order valence-corrected chi connectivity index (χ1v) is 6.89. The number of benzene rings is 1. The fourth-order valence-electron chi connectivity index (χ4n) is 1.57. The molecule has 3 N–H and O–H groups in total. The fourth-order valence-corrected chi connectivity index (χ4v) is 2.04. The number of anilines is 1. The lowest BCUT2D eigenvalue weighted by Gasteiger charge is -2.15. The summed E-state index contributed by atoms with van der Waals surface area (Å²) < 4.78 is 10.6. The summed E-state index contributed by atoms with van der Waals surface area (Å²) in [5.41, 5.74) is 0.481. The van der Waals surface area contributed by atoms with E-state index in [4.69, 9.17) is 14.6 Å². The molecule has 0 aliphatic heterocycles. The van der Waals surface area contributed by atoms with Crippen molar-refractivity contribution in [3.63, 3.8) is 0 Å². The highest BCUT2D eigenvalue weighted by Crippen LogP contribution is 2.24. The van der Waals surface area contributed by atoms with Gasteiger partial charge in [0.15, 0.2) is 0 Å². The molecule has 8 heteroatoms. The molecular formula is C13H17BrN2O5. The number of amides is 2. The third-order valence-electron chi connectivity index (χ3n) is 2.58. The summed E-state index contributed by atoms with van der Waals surface area (Å²) >= 11 is 3.29. The minimum absolute atomic E-state index is 0.182. The first-order chi connectivity index (χ1) is 9.96. The number of methoxy groups -OCH3 is 2. The van der Waals surface area contributed by atoms with Crippen molar-refractivity contribution in [3.8, 4) is 5.75 Å². The number of nitrogens with one attached hydrogen (secondary N) is 2. The number of carbonyl (C=O) groups is 2. The van der Waals surface area contributed by atoms with Gasteiger partial charge in [0.1, 0.15) is 11.8 Å². The van der Waals surface area contributed by atoms with Gasteiger partial charge in [-0.25, -0.2) is 9.59 Å². The average molecular weight is 361 g/mol. The van der Waals surface area contributed by atoms with Crippen molar-refractivity contribution in [3.05, 3.63) is 22.7 Å². The number of carboxylic acids is 1. The summed E-state index contributed by atoms with van der Waals surface area (Å²) in [4.78, 5) is 22.8. The third kappa shape index (κ3) is 6.01. The summed E-state index contributed by atoms with van der Waals surface area (Å²) in [6, 6.07) is 3.40. The van der Waals surface area contributed by atoms with Gasteiger partial charge >= 0.3 is 12.0 Å². The molecule has 0 heterocycles. The summed E-state index contributed by atoms with van der Waals surface area (Å²) in [5.74, 6) is -0.553. The lowest BCUT2D eigenvalue weighted by atomic mass is 10.2. The SMILES string of the molecule is COCCC(NC(=O)Nc1cc(Br)cc(OC)c1)C(=O)O. The van der Waals surface area contributed by atoms with E-state index in [1.165, 1.54) is 14.2 Å². The Kier molecular flexibility index (Phi) is 6.97. The fraction of sp³-hybridized carbons (Fsp3) is 0.385. The zero-order chi connectivity index (χ0) is 15.8. The first-order valence-electron chi connectivity index (χ1n) is 6.10. The second kappa shape index (κ2) is 8.48. The molecule has 2 amide bonds. The lowest BCUT2D eigenvalue weighted by Crippen LogP contribution is -2.43. The smallest absolute Gasteiger partial charge is 0.326 e. The molecule has 0 fully saturated rings. The van der Waals surface area contributed by atoms with Gasteiger partial charge in [0, 0.05) is 36.4 Å². The van der Waals surface area contributed by atoms with Crippen molar-refractivity contribution in [2.75, 3.05) is 26.1 Å². The molecule has 0 saturated carbocycles. The highest BCUT2D eigenvalue weighted by molar-refractivity contribution is 9.10. The minimum Gasteiger partial charge on any atom is -0.497 e. The van der Waals surface area contributed by atoms with Gasteiger partial charge in [0.2, 0.25) is 0 Å². The number of carbonyl (C=O) groups excluding carboxylic acids is 1. The van der Waals surface area contributed by atoms with Crippen LogP contribution in [0.5, 0.6) is 5.75 Å². The predicted molar refractivity (Wildman–Crippen MR) is 80.8 cm³/mol. The van der Waals surface area contributed by atoms with E-state index in [1.807, 2.05) is 0 Å². The van der Waals surface area contributed by atoms with Gasteiger partial charge in [-0.15, -0.1) is 0 Å². The lowest BCUT2D eigenvalue weighted by molar-refractivity contribution is -0.139. The van der Waals surface area contributed by atoms with Crippen molar-refractivity contribution >= 4 is 33.6 Å². The zero-order valence-electron chi connectivity index (χ0n) is 11.7. The van der Waals surface area contributed by atoms with Gasteiger partial charge in [-0.3, -0.25) is 0 Å². The molecule has 0 aliphatic rings. The van der Waals surface area contributed by atoms with Crippen LogP contribution in [0.1, 0.15) is 6.42 Å². The van der Waals surface area contributed by atoms with Crippen LogP contribution in [0.15, 0.2) is 22.7 Å². The van der Waals surface area contributed by atoms with E-state index in [1.54, 1.807) is 18.2 Å². The maximum Gasteiger partial charge on any atom is 0.326 e. The largest absolute Gasteiger partial charge is 0.497 e. The second-order valence-electron chi connectivity index (χ2n) is 4.15. The Labute approximate surface area is 130 Å². The molecule has 21 heavy (non-hydrogen) atoms. The minimum atomic E-state index is -1.12. The van der Waals surface area contributed by atoms with E-state index in [2.05, 4.69) is 26.6 Å². The van der Waals surface area contributed by atoms with Gasteiger partial charge < -0.3 is 25.2 Å². The molecule has 0 radical (unpaired) electrons. The molecule has 116 valence electrons. The molecule has 0 bridgehead atoms. The number of rotatable bonds is 7. The van der Waals surface area contributed by atoms with Gasteiger partial charge in [0.05, 0.1) is 7.11 Å². The maximum absolute atomic E-state index is 11.8. The standard InChI is InChI=1S/C13H17BrN2O5/c1-20-4-3-11(12(17)18)16-13(19)15-9-5-8(14)6-10(7-9)21-2/h5-7,11H,3-4H2,1-2H3,(H,17,18)(H2,15,16,19). The van der Waals surface area contributed by atoms with Crippen molar-refractivity contribution in [1.29, 1.82) is 0 Å². The summed E-state index contributed by atoms with van der Waals surface area (Å²) in [7, 11) is 2.98. The van der Waals surface area contributed by atoms with Gasteiger partial charge in [0.25, 0.3) is 0 Å². The number of ether oxygens (including phenoxy) is 2. The Morgan fingerprint density at radius 3 is 2.62 bits per heavy atom. The van der Waals surface area contributed by atoms with E-state index >= 15 is 0 Å². The number of hydrogen-bond acceptors (Lipinski definition) is 4. The van der Waals surface area contributed by atoms with Crippen LogP contribution in [0.3, 0.4) is 0 Å². The first kappa shape index (κ1) is 17.3. The van der Waals surface area contributed by atoms with E-state index in [-0.39, 0.29) is 13.0 Å². The molecule has 1 aromatic rings. The second-order valence-corrected chi connectivity index (χ2v) is 5.07. The van der Waals surface area contributed by atoms with Crippen LogP contribution < -0.4 is 15.4 Å². The van der Waals surface area contributed by atoms with Crippen molar-refractivity contribution in [2.45, 2.75) is 12.5 Å². The Morgan fingerprint density at radius 2 is 2.05 bits per heavy atom. The summed E-state index contributed by atoms with van der Waals surface area (Å²) in [6.45, 7) is 0.238. The van der Waals surface area contributed by atoms with Crippen LogP contribution >= 0.6 is 15.9 Å². The topological polar surface area (TPSA) is 96.9 Å². The molecule has 1 rings (SSSR count). The van der Waals surface area contributed by atoms with Crippen LogP contribution in [0, 0.1) is 0 Å².